The largest absolute Gasteiger partial charge is 0.481 e. The molecule has 204 valence electrons. The van der Waals surface area contributed by atoms with Crippen molar-refractivity contribution in [1.82, 2.24) is 25.1 Å². The van der Waals surface area contributed by atoms with Gasteiger partial charge in [-0.1, -0.05) is 23.7 Å². The Labute approximate surface area is 219 Å². The molecule has 0 radical (unpaired) electrons. The van der Waals surface area contributed by atoms with Crippen molar-refractivity contribution in [2.75, 3.05) is 11.9 Å². The van der Waals surface area contributed by atoms with Gasteiger partial charge in [-0.3, -0.25) is 14.8 Å². The van der Waals surface area contributed by atoms with Crippen LogP contribution in [0.4, 0.5) is 33.7 Å². The summed E-state index contributed by atoms with van der Waals surface area (Å²) in [6, 6.07) is 5.64. The molecule has 0 bridgehead atoms. The van der Waals surface area contributed by atoms with Crippen molar-refractivity contribution in [3.05, 3.63) is 63.6 Å². The van der Waals surface area contributed by atoms with E-state index in [4.69, 9.17) is 11.6 Å². The van der Waals surface area contributed by atoms with Crippen molar-refractivity contribution in [3.63, 3.8) is 0 Å². The second-order valence-electron chi connectivity index (χ2n) is 9.46. The maximum absolute atomic E-state index is 15.1. The first-order valence-electron chi connectivity index (χ1n) is 11.6. The number of rotatable bonds is 7. The van der Waals surface area contributed by atoms with Crippen LogP contribution in [-0.2, 0) is 23.9 Å². The zero-order valence-electron chi connectivity index (χ0n) is 20.3. The zero-order chi connectivity index (χ0) is 27.8. The monoisotopic (exact) mass is 558 g/mol. The van der Waals surface area contributed by atoms with Gasteiger partial charge in [0.2, 0.25) is 5.95 Å². The molecule has 1 aliphatic rings. The Balaban J connectivity index is 1.63. The zero-order valence-corrected chi connectivity index (χ0v) is 21.1. The molecule has 3 N–H and O–H groups in total. The van der Waals surface area contributed by atoms with Crippen molar-refractivity contribution in [2.24, 2.45) is 5.41 Å². The number of H-pyrrole nitrogens is 1. The van der Waals surface area contributed by atoms with Gasteiger partial charge >= 0.3 is 12.1 Å². The van der Waals surface area contributed by atoms with Crippen molar-refractivity contribution in [1.29, 1.82) is 0 Å². The van der Waals surface area contributed by atoms with E-state index in [1.54, 1.807) is 26.0 Å². The number of piperidine rings is 1. The summed E-state index contributed by atoms with van der Waals surface area (Å²) in [7, 11) is 0. The molecule has 0 unspecified atom stereocenters. The normalized spacial score (nSPS) is 20.5. The summed E-state index contributed by atoms with van der Waals surface area (Å²) in [5.74, 6) is -4.05. The number of hydrogen-bond donors (Lipinski definition) is 3. The second kappa shape index (κ2) is 10.4. The topological polar surface area (TPSA) is 107 Å². The molecule has 0 spiro atoms. The third-order valence-corrected chi connectivity index (χ3v) is 6.98. The SMILES string of the molecule is Cc1cc(Nc2nc(C[C@@]3(C(=O)O)CCN(Cc4cccc(Cl)c4F)[C@H](C)C3)c(F)c(C(F)(F)F)n2)n[nH]1. The van der Waals surface area contributed by atoms with E-state index < -0.39 is 59.0 Å². The number of nitrogens with one attached hydrogen (secondary N) is 2. The Morgan fingerprint density at radius 3 is 2.63 bits per heavy atom. The van der Waals surface area contributed by atoms with E-state index >= 15 is 4.39 Å². The maximum Gasteiger partial charge on any atom is 0.436 e. The van der Waals surface area contributed by atoms with Gasteiger partial charge in [0.1, 0.15) is 5.82 Å². The van der Waals surface area contributed by atoms with Gasteiger partial charge in [0.15, 0.2) is 17.3 Å². The highest BCUT2D eigenvalue weighted by molar-refractivity contribution is 6.30. The van der Waals surface area contributed by atoms with E-state index in [1.807, 2.05) is 4.90 Å². The van der Waals surface area contributed by atoms with Crippen LogP contribution in [0.25, 0.3) is 0 Å². The summed E-state index contributed by atoms with van der Waals surface area (Å²) in [6.45, 7) is 3.72. The van der Waals surface area contributed by atoms with E-state index in [-0.39, 0.29) is 36.8 Å². The number of carboxylic acids is 1. The molecule has 1 saturated heterocycles. The van der Waals surface area contributed by atoms with Gasteiger partial charge in [0, 0.05) is 36.3 Å². The van der Waals surface area contributed by atoms with Crippen molar-refractivity contribution >= 4 is 29.3 Å². The van der Waals surface area contributed by atoms with E-state index in [1.165, 1.54) is 12.1 Å². The lowest BCUT2D eigenvalue weighted by Gasteiger charge is -2.43. The van der Waals surface area contributed by atoms with Crippen LogP contribution < -0.4 is 5.32 Å². The quantitative estimate of drug-likeness (QED) is 0.329. The van der Waals surface area contributed by atoms with Gasteiger partial charge in [-0.15, -0.1) is 0 Å². The van der Waals surface area contributed by atoms with Gasteiger partial charge in [-0.05, 0) is 39.3 Å². The Kier molecular flexibility index (Phi) is 7.62. The molecule has 0 aliphatic carbocycles. The van der Waals surface area contributed by atoms with E-state index in [2.05, 4.69) is 25.5 Å². The van der Waals surface area contributed by atoms with Crippen molar-refractivity contribution < 1.29 is 31.9 Å². The van der Waals surface area contributed by atoms with Crippen LogP contribution in [0.3, 0.4) is 0 Å². The molecule has 3 aromatic rings. The fourth-order valence-electron chi connectivity index (χ4n) is 4.70. The van der Waals surface area contributed by atoms with E-state index in [0.29, 0.717) is 11.3 Å². The molecule has 3 heterocycles. The number of carboxylic acid groups (broad SMARTS) is 1. The van der Waals surface area contributed by atoms with Gasteiger partial charge < -0.3 is 10.4 Å². The van der Waals surface area contributed by atoms with Crippen LogP contribution in [0.2, 0.25) is 5.02 Å². The average molecular weight is 559 g/mol. The van der Waals surface area contributed by atoms with Crippen LogP contribution in [0.15, 0.2) is 24.3 Å². The molecule has 14 heteroatoms. The summed E-state index contributed by atoms with van der Waals surface area (Å²) in [5.41, 5.74) is -3.16. The first kappa shape index (κ1) is 27.7. The van der Waals surface area contributed by atoms with Crippen LogP contribution >= 0.6 is 11.6 Å². The molecule has 2 atom stereocenters. The number of aromatic amines is 1. The Hall–Kier alpha value is -3.32. The summed E-state index contributed by atoms with van der Waals surface area (Å²) in [5, 5.41) is 19.1. The number of carbonyl (C=O) groups is 1. The summed E-state index contributed by atoms with van der Waals surface area (Å²) in [6.07, 6.45) is -5.80. The molecular formula is C24H24ClF5N6O2. The number of benzene rings is 1. The van der Waals surface area contributed by atoms with Crippen molar-refractivity contribution in [3.8, 4) is 0 Å². The van der Waals surface area contributed by atoms with Crippen LogP contribution in [0.1, 0.15) is 42.4 Å². The lowest BCUT2D eigenvalue weighted by atomic mass is 9.72. The minimum Gasteiger partial charge on any atom is -0.481 e. The Morgan fingerprint density at radius 2 is 2.03 bits per heavy atom. The minimum absolute atomic E-state index is 0.0268. The number of anilines is 2. The molecule has 4 rings (SSSR count). The molecular weight excluding hydrogens is 535 g/mol. The fraction of sp³-hybridized carbons (Fsp3) is 0.417. The number of nitrogens with zero attached hydrogens (tertiary/aromatic N) is 4. The number of aryl methyl sites for hydroxylation is 1. The first-order chi connectivity index (χ1) is 17.8. The van der Waals surface area contributed by atoms with Crippen LogP contribution in [-0.4, -0.2) is 48.7 Å². The summed E-state index contributed by atoms with van der Waals surface area (Å²) < 4.78 is 70.4. The highest BCUT2D eigenvalue weighted by atomic mass is 35.5. The molecule has 1 fully saturated rings. The van der Waals surface area contributed by atoms with Gasteiger partial charge in [-0.2, -0.15) is 18.3 Å². The Morgan fingerprint density at radius 1 is 1.29 bits per heavy atom. The molecule has 0 amide bonds. The standard InChI is InChI=1S/C24H24ClF5N6O2/c1-12-8-17(35-34-12)32-22-31-16(19(27)20(33-22)24(28,29)30)10-23(21(37)38)6-7-36(13(2)9-23)11-14-4-3-5-15(25)18(14)26/h3-5,8,13H,6-7,9-11H2,1-2H3,(H,37,38)(H2,31,32,33,34,35)/t13-,23-/m1/s1. The van der Waals surface area contributed by atoms with Crippen LogP contribution in [0, 0.1) is 24.0 Å². The lowest BCUT2D eigenvalue weighted by Crippen LogP contribution is -2.50. The number of likely N-dealkylation sites (tertiary alicyclic amines) is 1. The minimum atomic E-state index is -5.15. The molecule has 2 aromatic heterocycles. The van der Waals surface area contributed by atoms with E-state index in [0.717, 1.165) is 0 Å². The molecule has 1 aromatic carbocycles. The molecule has 0 saturated carbocycles. The van der Waals surface area contributed by atoms with Gasteiger partial charge in [0.25, 0.3) is 0 Å². The summed E-state index contributed by atoms with van der Waals surface area (Å²) in [4.78, 5) is 21.5. The lowest BCUT2D eigenvalue weighted by molar-refractivity contribution is -0.153. The Bertz CT molecular complexity index is 1350. The predicted octanol–water partition coefficient (Wildman–Crippen LogP) is 5.50. The highest BCUT2D eigenvalue weighted by Gasteiger charge is 2.47. The molecule has 1 aliphatic heterocycles. The fourth-order valence-corrected chi connectivity index (χ4v) is 4.90. The third-order valence-electron chi connectivity index (χ3n) is 6.69. The maximum atomic E-state index is 15.1. The van der Waals surface area contributed by atoms with Gasteiger partial charge in [-0.25, -0.2) is 18.7 Å². The number of alkyl halides is 3. The first-order valence-corrected chi connectivity index (χ1v) is 12.0. The highest BCUT2D eigenvalue weighted by Crippen LogP contribution is 2.41. The molecule has 38 heavy (non-hydrogen) atoms. The van der Waals surface area contributed by atoms with Crippen LogP contribution in [0.5, 0.6) is 0 Å². The summed E-state index contributed by atoms with van der Waals surface area (Å²) >= 11 is 5.86. The number of hydrogen-bond acceptors (Lipinski definition) is 6. The van der Waals surface area contributed by atoms with E-state index in [9.17, 15) is 27.5 Å². The van der Waals surface area contributed by atoms with Crippen molar-refractivity contribution in [2.45, 2.75) is 51.9 Å². The predicted molar refractivity (Wildman–Crippen MR) is 128 cm³/mol. The molecule has 8 nitrogen and oxygen atoms in total. The average Bonchev–Trinajstić information content (AvgIpc) is 3.24. The second-order valence-corrected chi connectivity index (χ2v) is 9.87. The smallest absolute Gasteiger partial charge is 0.436 e. The number of halogens is 6. The number of aliphatic carboxylic acids is 1. The van der Waals surface area contributed by atoms with Gasteiger partial charge in [0.05, 0.1) is 16.1 Å². The number of aromatic nitrogens is 4. The third kappa shape index (κ3) is 5.73.